The number of hydrogen-bond donors (Lipinski definition) is 2. The van der Waals surface area contributed by atoms with E-state index in [1.54, 1.807) is 18.2 Å². The van der Waals surface area contributed by atoms with Crippen molar-refractivity contribution >= 4 is 41.7 Å². The first-order valence-electron chi connectivity index (χ1n) is 7.13. The fraction of sp³-hybridized carbons (Fsp3) is 0.333. The number of benzene rings is 1. The molecular formula is C15H16ClN3O4. The van der Waals surface area contributed by atoms with Crippen LogP contribution in [0.15, 0.2) is 18.2 Å². The number of carbonyl (C=O) groups excluding carboxylic acids is 4. The van der Waals surface area contributed by atoms with Gasteiger partial charge in [-0.1, -0.05) is 6.07 Å². The van der Waals surface area contributed by atoms with Crippen LogP contribution in [0.3, 0.4) is 0 Å². The van der Waals surface area contributed by atoms with E-state index in [1.807, 2.05) is 6.92 Å². The predicted octanol–water partition coefficient (Wildman–Crippen LogP) is 0.941. The van der Waals surface area contributed by atoms with Crippen LogP contribution < -0.4 is 10.6 Å². The van der Waals surface area contributed by atoms with E-state index in [9.17, 15) is 19.2 Å². The van der Waals surface area contributed by atoms with E-state index in [1.165, 1.54) is 0 Å². The van der Waals surface area contributed by atoms with Gasteiger partial charge in [0.25, 0.3) is 11.8 Å². The number of halogens is 1. The van der Waals surface area contributed by atoms with Crippen LogP contribution in [0.4, 0.5) is 5.69 Å². The van der Waals surface area contributed by atoms with Crippen LogP contribution in [0, 0.1) is 0 Å². The van der Waals surface area contributed by atoms with Gasteiger partial charge in [0.05, 0.1) is 11.1 Å². The van der Waals surface area contributed by atoms with Crippen LogP contribution in [0.25, 0.3) is 0 Å². The van der Waals surface area contributed by atoms with Gasteiger partial charge in [-0.05, 0) is 25.5 Å². The van der Waals surface area contributed by atoms with Crippen LogP contribution in [0.1, 0.15) is 40.5 Å². The van der Waals surface area contributed by atoms with E-state index >= 15 is 0 Å². The zero-order valence-corrected chi connectivity index (χ0v) is 13.2. The Morgan fingerprint density at radius 2 is 1.96 bits per heavy atom. The number of rotatable bonds is 3. The fourth-order valence-corrected chi connectivity index (χ4v) is 2.85. The number of amides is 4. The molecule has 0 aliphatic carbocycles. The molecule has 0 saturated carbocycles. The molecule has 1 aromatic carbocycles. The molecule has 1 unspecified atom stereocenters. The maximum atomic E-state index is 12.6. The molecule has 8 heteroatoms. The SMILES string of the molecule is CCNc1cccc2c1C(=O)N(C1CCC(=O)NC1=O)C2=O.Cl. The molecule has 2 N–H and O–H groups in total. The fourth-order valence-electron chi connectivity index (χ4n) is 2.85. The molecule has 1 fully saturated rings. The summed E-state index contributed by atoms with van der Waals surface area (Å²) in [5.41, 5.74) is 1.15. The molecule has 122 valence electrons. The van der Waals surface area contributed by atoms with Crippen molar-refractivity contribution in [2.24, 2.45) is 0 Å². The molecule has 1 aromatic rings. The Hall–Kier alpha value is -2.41. The summed E-state index contributed by atoms with van der Waals surface area (Å²) in [7, 11) is 0. The van der Waals surface area contributed by atoms with E-state index in [4.69, 9.17) is 0 Å². The third-order valence-electron chi connectivity index (χ3n) is 3.84. The third-order valence-corrected chi connectivity index (χ3v) is 3.84. The summed E-state index contributed by atoms with van der Waals surface area (Å²) in [6.45, 7) is 2.49. The lowest BCUT2D eigenvalue weighted by Crippen LogP contribution is -2.54. The lowest BCUT2D eigenvalue weighted by atomic mass is 10.0. The molecule has 1 atom stereocenters. The number of hydrogen-bond acceptors (Lipinski definition) is 5. The van der Waals surface area contributed by atoms with Crippen molar-refractivity contribution < 1.29 is 19.2 Å². The Labute approximate surface area is 138 Å². The normalized spacial score (nSPS) is 20.0. The van der Waals surface area contributed by atoms with E-state index < -0.39 is 23.8 Å². The van der Waals surface area contributed by atoms with Crippen LogP contribution in [-0.4, -0.2) is 41.1 Å². The zero-order chi connectivity index (χ0) is 15.9. The van der Waals surface area contributed by atoms with Gasteiger partial charge in [0.15, 0.2) is 0 Å². The molecule has 0 spiro atoms. The quantitative estimate of drug-likeness (QED) is 0.800. The molecule has 0 aromatic heterocycles. The molecule has 7 nitrogen and oxygen atoms in total. The second-order valence-electron chi connectivity index (χ2n) is 5.21. The van der Waals surface area contributed by atoms with Gasteiger partial charge in [-0.2, -0.15) is 0 Å². The van der Waals surface area contributed by atoms with Gasteiger partial charge in [0, 0.05) is 18.7 Å². The van der Waals surface area contributed by atoms with E-state index in [-0.39, 0.29) is 36.7 Å². The van der Waals surface area contributed by atoms with Crippen molar-refractivity contribution in [1.82, 2.24) is 10.2 Å². The topological polar surface area (TPSA) is 95.6 Å². The highest BCUT2D eigenvalue weighted by Gasteiger charge is 2.45. The average Bonchev–Trinajstić information content (AvgIpc) is 2.73. The molecule has 0 radical (unpaired) electrons. The van der Waals surface area contributed by atoms with Crippen LogP contribution in [-0.2, 0) is 9.59 Å². The second-order valence-corrected chi connectivity index (χ2v) is 5.21. The number of anilines is 1. The number of nitrogens with one attached hydrogen (secondary N) is 2. The summed E-state index contributed by atoms with van der Waals surface area (Å²) in [4.78, 5) is 49.3. The van der Waals surface area contributed by atoms with Crippen molar-refractivity contribution in [3.8, 4) is 0 Å². The third kappa shape index (κ3) is 2.68. The first kappa shape index (κ1) is 17.0. The number of imide groups is 2. The Kier molecular flexibility index (Phi) is 4.70. The number of carbonyl (C=O) groups is 4. The van der Waals surface area contributed by atoms with Crippen molar-refractivity contribution in [3.63, 3.8) is 0 Å². The Bertz CT molecular complexity index is 704. The highest BCUT2D eigenvalue weighted by molar-refractivity contribution is 6.25. The molecule has 2 aliphatic heterocycles. The largest absolute Gasteiger partial charge is 0.385 e. The van der Waals surface area contributed by atoms with Gasteiger partial charge in [0.1, 0.15) is 6.04 Å². The monoisotopic (exact) mass is 337 g/mol. The Balaban J connectivity index is 0.00000192. The minimum Gasteiger partial charge on any atom is -0.385 e. The Morgan fingerprint density at radius 1 is 1.22 bits per heavy atom. The maximum absolute atomic E-state index is 12.6. The average molecular weight is 338 g/mol. The van der Waals surface area contributed by atoms with E-state index in [0.29, 0.717) is 17.8 Å². The summed E-state index contributed by atoms with van der Waals surface area (Å²) >= 11 is 0. The molecule has 23 heavy (non-hydrogen) atoms. The molecule has 3 rings (SSSR count). The summed E-state index contributed by atoms with van der Waals surface area (Å²) in [6, 6.07) is 4.05. The van der Waals surface area contributed by atoms with Gasteiger partial charge < -0.3 is 5.32 Å². The lowest BCUT2D eigenvalue weighted by Gasteiger charge is -2.27. The van der Waals surface area contributed by atoms with E-state index in [0.717, 1.165) is 4.90 Å². The standard InChI is InChI=1S/C15H15N3O4.ClH/c1-2-16-9-5-3-4-8-12(9)15(22)18(14(8)21)10-6-7-11(19)17-13(10)20;/h3-5,10,16H,2,6-7H2,1H3,(H,17,19,20);1H. The second kappa shape index (κ2) is 6.37. The highest BCUT2D eigenvalue weighted by Crippen LogP contribution is 2.32. The van der Waals surface area contributed by atoms with Gasteiger partial charge in [-0.25, -0.2) is 0 Å². The number of fused-ring (bicyclic) bond motifs is 1. The van der Waals surface area contributed by atoms with Crippen molar-refractivity contribution in [2.45, 2.75) is 25.8 Å². The molecule has 0 bridgehead atoms. The molecule has 2 aliphatic rings. The van der Waals surface area contributed by atoms with Gasteiger partial charge in [-0.15, -0.1) is 12.4 Å². The minimum atomic E-state index is -0.931. The number of piperidine rings is 1. The first-order chi connectivity index (χ1) is 10.5. The lowest BCUT2D eigenvalue weighted by molar-refractivity contribution is -0.136. The Morgan fingerprint density at radius 3 is 2.61 bits per heavy atom. The van der Waals surface area contributed by atoms with Crippen molar-refractivity contribution in [2.75, 3.05) is 11.9 Å². The highest BCUT2D eigenvalue weighted by atomic mass is 35.5. The summed E-state index contributed by atoms with van der Waals surface area (Å²) in [5.74, 6) is -1.97. The summed E-state index contributed by atoms with van der Waals surface area (Å²) in [5, 5.41) is 5.22. The first-order valence-corrected chi connectivity index (χ1v) is 7.13. The molecule has 4 amide bonds. The van der Waals surface area contributed by atoms with E-state index in [2.05, 4.69) is 10.6 Å². The van der Waals surface area contributed by atoms with Gasteiger partial charge in [-0.3, -0.25) is 29.4 Å². The predicted molar refractivity (Wildman–Crippen MR) is 84.5 cm³/mol. The maximum Gasteiger partial charge on any atom is 0.264 e. The van der Waals surface area contributed by atoms with Crippen LogP contribution in [0.5, 0.6) is 0 Å². The molecular weight excluding hydrogens is 322 g/mol. The molecule has 1 saturated heterocycles. The number of nitrogens with zero attached hydrogens (tertiary/aromatic N) is 1. The van der Waals surface area contributed by atoms with Crippen LogP contribution in [0.2, 0.25) is 0 Å². The molecule has 2 heterocycles. The summed E-state index contributed by atoms with van der Waals surface area (Å²) in [6.07, 6.45) is 0.274. The van der Waals surface area contributed by atoms with Crippen LogP contribution >= 0.6 is 12.4 Å². The minimum absolute atomic E-state index is 0. The smallest absolute Gasteiger partial charge is 0.264 e. The zero-order valence-electron chi connectivity index (χ0n) is 12.4. The van der Waals surface area contributed by atoms with Crippen molar-refractivity contribution in [1.29, 1.82) is 0 Å². The summed E-state index contributed by atoms with van der Waals surface area (Å²) < 4.78 is 0. The van der Waals surface area contributed by atoms with Gasteiger partial charge >= 0.3 is 0 Å². The van der Waals surface area contributed by atoms with Gasteiger partial charge in [0.2, 0.25) is 11.8 Å². The van der Waals surface area contributed by atoms with Crippen molar-refractivity contribution in [3.05, 3.63) is 29.3 Å².